The molecule has 0 N–H and O–H groups in total. The molecule has 0 bridgehead atoms. The molecule has 0 spiro atoms. The van der Waals surface area contributed by atoms with Crippen LogP contribution < -0.4 is 0 Å². The Balaban J connectivity index is 1.58. The van der Waals surface area contributed by atoms with Gasteiger partial charge in [0.25, 0.3) is 5.91 Å². The fourth-order valence-electron chi connectivity index (χ4n) is 3.22. The number of aryl methyl sites for hydroxylation is 1. The minimum Gasteiger partial charge on any atom is -0.337 e. The summed E-state index contributed by atoms with van der Waals surface area (Å²) in [6.07, 6.45) is 1.74. The number of hydrogen-bond acceptors (Lipinski definition) is 4. The van der Waals surface area contributed by atoms with E-state index in [1.54, 1.807) is 12.1 Å². The lowest BCUT2D eigenvalue weighted by Crippen LogP contribution is -2.30. The molecule has 2 heterocycles. The molecule has 132 valence electrons. The topological polar surface area (TPSA) is 59.2 Å². The Bertz CT molecular complexity index is 919. The minimum absolute atomic E-state index is 0.00116. The number of likely N-dealkylation sites (tertiary alicyclic amines) is 1. The number of nitrogens with zero attached hydrogens (tertiary/aromatic N) is 3. The largest absolute Gasteiger partial charge is 0.337 e. The highest BCUT2D eigenvalue weighted by molar-refractivity contribution is 6.30. The van der Waals surface area contributed by atoms with Crippen molar-refractivity contribution in [3.8, 4) is 11.4 Å². The maximum Gasteiger partial charge on any atom is 0.254 e. The predicted octanol–water partition coefficient (Wildman–Crippen LogP) is 4.68. The fourth-order valence-corrected chi connectivity index (χ4v) is 3.34. The van der Waals surface area contributed by atoms with Gasteiger partial charge >= 0.3 is 0 Å². The molecule has 0 unspecified atom stereocenters. The second-order valence-electron chi connectivity index (χ2n) is 6.49. The molecule has 6 heteroatoms. The van der Waals surface area contributed by atoms with Crippen molar-refractivity contribution in [3.63, 3.8) is 0 Å². The van der Waals surface area contributed by atoms with E-state index in [0.717, 1.165) is 24.0 Å². The maximum atomic E-state index is 12.9. The number of rotatable bonds is 3. The lowest BCUT2D eigenvalue weighted by atomic mass is 10.1. The van der Waals surface area contributed by atoms with Gasteiger partial charge in [-0.15, -0.1) is 0 Å². The molecule has 5 nitrogen and oxygen atoms in total. The summed E-state index contributed by atoms with van der Waals surface area (Å²) in [5, 5.41) is 4.73. The third kappa shape index (κ3) is 3.22. The standard InChI is InChI=1S/C20H18ClN3O2/c1-13-4-6-15(7-5-13)20(25)24-12-2-3-17(24)19-22-18(23-26-19)14-8-10-16(21)11-9-14/h4-11,17H,2-3,12H2,1H3/t17-/m0/s1. The van der Waals surface area contributed by atoms with Gasteiger partial charge in [0.05, 0.1) is 0 Å². The number of carbonyl (C=O) groups excluding carboxylic acids is 1. The molecule has 0 radical (unpaired) electrons. The Kier molecular flexibility index (Phi) is 4.47. The van der Waals surface area contributed by atoms with Gasteiger partial charge in [-0.2, -0.15) is 4.98 Å². The van der Waals surface area contributed by atoms with Gasteiger partial charge in [0.1, 0.15) is 6.04 Å². The van der Waals surface area contributed by atoms with E-state index in [2.05, 4.69) is 10.1 Å². The summed E-state index contributed by atoms with van der Waals surface area (Å²) in [6, 6.07) is 14.7. The van der Waals surface area contributed by atoms with Crippen molar-refractivity contribution in [2.24, 2.45) is 0 Å². The molecule has 1 aromatic heterocycles. The second-order valence-corrected chi connectivity index (χ2v) is 6.92. The van der Waals surface area contributed by atoms with E-state index < -0.39 is 0 Å². The molecule has 26 heavy (non-hydrogen) atoms. The smallest absolute Gasteiger partial charge is 0.254 e. The van der Waals surface area contributed by atoms with Crippen molar-refractivity contribution in [3.05, 3.63) is 70.6 Å². The predicted molar refractivity (Wildman–Crippen MR) is 98.9 cm³/mol. The molecule has 4 rings (SSSR count). The van der Waals surface area contributed by atoms with Gasteiger partial charge in [0.2, 0.25) is 11.7 Å². The van der Waals surface area contributed by atoms with Crippen molar-refractivity contribution < 1.29 is 9.32 Å². The average molecular weight is 368 g/mol. The van der Waals surface area contributed by atoms with E-state index in [-0.39, 0.29) is 11.9 Å². The van der Waals surface area contributed by atoms with Gasteiger partial charge in [0.15, 0.2) is 0 Å². The Hall–Kier alpha value is -2.66. The Morgan fingerprint density at radius 1 is 1.15 bits per heavy atom. The van der Waals surface area contributed by atoms with E-state index in [9.17, 15) is 4.79 Å². The first-order chi connectivity index (χ1) is 12.6. The number of halogens is 1. The molecule has 1 fully saturated rings. The monoisotopic (exact) mass is 367 g/mol. The summed E-state index contributed by atoms with van der Waals surface area (Å²) in [7, 11) is 0. The molecule has 1 amide bonds. The fraction of sp³-hybridized carbons (Fsp3) is 0.250. The summed E-state index contributed by atoms with van der Waals surface area (Å²) in [4.78, 5) is 19.2. The van der Waals surface area contributed by atoms with Gasteiger partial charge in [-0.25, -0.2) is 0 Å². The van der Waals surface area contributed by atoms with Crippen molar-refractivity contribution in [1.29, 1.82) is 0 Å². The van der Waals surface area contributed by atoms with Crippen LogP contribution in [0.1, 0.15) is 40.7 Å². The zero-order valence-electron chi connectivity index (χ0n) is 14.4. The normalized spacial score (nSPS) is 16.8. The van der Waals surface area contributed by atoms with Gasteiger partial charge in [-0.1, -0.05) is 34.5 Å². The zero-order chi connectivity index (χ0) is 18.1. The first-order valence-corrected chi connectivity index (χ1v) is 8.97. The Labute approximate surface area is 156 Å². The van der Waals surface area contributed by atoms with E-state index in [1.807, 2.05) is 48.2 Å². The molecule has 0 saturated carbocycles. The van der Waals surface area contributed by atoms with E-state index in [0.29, 0.717) is 28.8 Å². The van der Waals surface area contributed by atoms with Crippen LogP contribution in [0.5, 0.6) is 0 Å². The number of carbonyl (C=O) groups is 1. The zero-order valence-corrected chi connectivity index (χ0v) is 15.1. The highest BCUT2D eigenvalue weighted by Gasteiger charge is 2.34. The first-order valence-electron chi connectivity index (χ1n) is 8.59. The van der Waals surface area contributed by atoms with Crippen molar-refractivity contribution in [2.45, 2.75) is 25.8 Å². The van der Waals surface area contributed by atoms with E-state index >= 15 is 0 Å². The van der Waals surface area contributed by atoms with Crippen LogP contribution in [-0.4, -0.2) is 27.5 Å². The molecule has 2 aromatic carbocycles. The Morgan fingerprint density at radius 2 is 1.88 bits per heavy atom. The first kappa shape index (κ1) is 16.8. The van der Waals surface area contributed by atoms with Crippen LogP contribution in [0.3, 0.4) is 0 Å². The summed E-state index contributed by atoms with van der Waals surface area (Å²) in [5.41, 5.74) is 2.64. The van der Waals surface area contributed by atoms with Crippen LogP contribution in [0, 0.1) is 6.92 Å². The second kappa shape index (κ2) is 6.92. The highest BCUT2D eigenvalue weighted by atomic mass is 35.5. The molecular weight excluding hydrogens is 350 g/mol. The molecule has 0 aliphatic carbocycles. The summed E-state index contributed by atoms with van der Waals surface area (Å²) < 4.78 is 5.48. The van der Waals surface area contributed by atoms with Gasteiger partial charge in [-0.05, 0) is 56.2 Å². The van der Waals surface area contributed by atoms with Crippen LogP contribution in [0.2, 0.25) is 5.02 Å². The molecular formula is C20H18ClN3O2. The maximum absolute atomic E-state index is 12.9. The number of amides is 1. The SMILES string of the molecule is Cc1ccc(C(=O)N2CCC[C@H]2c2nc(-c3ccc(Cl)cc3)no2)cc1. The van der Waals surface area contributed by atoms with Crippen LogP contribution in [0.15, 0.2) is 53.1 Å². The molecule has 1 atom stereocenters. The van der Waals surface area contributed by atoms with Crippen LogP contribution >= 0.6 is 11.6 Å². The third-order valence-electron chi connectivity index (χ3n) is 4.64. The number of aromatic nitrogens is 2. The molecule has 1 aliphatic heterocycles. The van der Waals surface area contributed by atoms with E-state index in [4.69, 9.17) is 16.1 Å². The number of benzene rings is 2. The van der Waals surface area contributed by atoms with Crippen LogP contribution in [0.25, 0.3) is 11.4 Å². The lowest BCUT2D eigenvalue weighted by Gasteiger charge is -2.22. The van der Waals surface area contributed by atoms with Crippen LogP contribution in [-0.2, 0) is 0 Å². The summed E-state index contributed by atoms with van der Waals surface area (Å²) >= 11 is 5.92. The van der Waals surface area contributed by atoms with E-state index in [1.165, 1.54) is 0 Å². The quantitative estimate of drug-likeness (QED) is 0.674. The lowest BCUT2D eigenvalue weighted by molar-refractivity contribution is 0.0710. The van der Waals surface area contributed by atoms with Crippen LogP contribution in [0.4, 0.5) is 0 Å². The van der Waals surface area contributed by atoms with Gasteiger partial charge in [-0.3, -0.25) is 4.79 Å². The summed E-state index contributed by atoms with van der Waals surface area (Å²) in [6.45, 7) is 2.69. The Morgan fingerprint density at radius 3 is 2.62 bits per heavy atom. The van der Waals surface area contributed by atoms with Crippen molar-refractivity contribution in [1.82, 2.24) is 15.0 Å². The summed E-state index contributed by atoms with van der Waals surface area (Å²) in [5.74, 6) is 0.984. The molecule has 3 aromatic rings. The van der Waals surface area contributed by atoms with Crippen molar-refractivity contribution >= 4 is 17.5 Å². The average Bonchev–Trinajstić information content (AvgIpc) is 3.31. The highest BCUT2D eigenvalue weighted by Crippen LogP contribution is 2.33. The molecule has 1 aliphatic rings. The van der Waals surface area contributed by atoms with Gasteiger partial charge < -0.3 is 9.42 Å². The molecule has 1 saturated heterocycles. The third-order valence-corrected chi connectivity index (χ3v) is 4.89. The van der Waals surface area contributed by atoms with Crippen molar-refractivity contribution in [2.75, 3.05) is 6.54 Å². The number of hydrogen-bond donors (Lipinski definition) is 0. The van der Waals surface area contributed by atoms with Gasteiger partial charge in [0, 0.05) is 22.7 Å². The minimum atomic E-state index is -0.183.